The van der Waals surface area contributed by atoms with Gasteiger partial charge in [-0.1, -0.05) is 13.0 Å². The highest BCUT2D eigenvalue weighted by Gasteiger charge is 2.32. The molecule has 1 saturated carbocycles. The molecule has 4 N–H and O–H groups in total. The van der Waals surface area contributed by atoms with E-state index in [4.69, 9.17) is 5.73 Å². The second-order valence-corrected chi connectivity index (χ2v) is 9.10. The number of alkyl halides is 3. The number of nitrogens with zero attached hydrogens (tertiary/aromatic N) is 3. The lowest BCUT2D eigenvalue weighted by molar-refractivity contribution is -0.138. The maximum Gasteiger partial charge on any atom is 0.418 e. The Labute approximate surface area is 225 Å². The number of aromatic nitrogens is 3. The fourth-order valence-corrected chi connectivity index (χ4v) is 3.76. The van der Waals surface area contributed by atoms with E-state index in [2.05, 4.69) is 25.8 Å². The van der Waals surface area contributed by atoms with Crippen LogP contribution >= 0.6 is 0 Å². The Morgan fingerprint density at radius 3 is 2.52 bits per heavy atom. The second kappa shape index (κ2) is 11.6. The molecule has 40 heavy (non-hydrogen) atoms. The van der Waals surface area contributed by atoms with Gasteiger partial charge in [-0.05, 0) is 60.5 Å². The van der Waals surface area contributed by atoms with Crippen LogP contribution in [0.4, 0.5) is 33.5 Å². The van der Waals surface area contributed by atoms with Crippen molar-refractivity contribution < 1.29 is 31.5 Å². The molecule has 2 amide bonds. The van der Waals surface area contributed by atoms with Gasteiger partial charge in [0, 0.05) is 29.7 Å². The predicted molar refractivity (Wildman–Crippen MR) is 137 cm³/mol. The molecule has 0 bridgehead atoms. The molecule has 8 nitrogen and oxygen atoms in total. The fraction of sp³-hybridized carbons (Fsp3) is 0.222. The molecule has 2 aromatic heterocycles. The number of carbonyl (C=O) groups excluding carboxylic acids is 2. The van der Waals surface area contributed by atoms with E-state index in [-0.39, 0.29) is 28.9 Å². The highest BCUT2D eigenvalue weighted by atomic mass is 19.4. The summed E-state index contributed by atoms with van der Waals surface area (Å²) in [6.45, 7) is 1.79. The van der Waals surface area contributed by atoms with Gasteiger partial charge in [0.1, 0.15) is 17.5 Å². The Hall–Kier alpha value is -4.68. The number of nitrogens with two attached hydrogens (primary N) is 1. The number of carbonyl (C=O) groups is 2. The standard InChI is InChI=1S/C27H23F5N6O2/c1-14(16-5-7-34-24(9-16)37-25(39)15-2-3-15)8-17(4-6-33)19-11-22(21(29)12-20(19)28)36-26(40)23-10-18(13-35-38-23)27(30,31)32/h4-15H,2-3,33H2,1H3,(H,36,40)(H,34,37,39)/b6-4-,17-8+. The van der Waals surface area contributed by atoms with E-state index in [0.29, 0.717) is 24.1 Å². The molecule has 1 aliphatic rings. The highest BCUT2D eigenvalue weighted by molar-refractivity contribution is 6.03. The maximum absolute atomic E-state index is 14.9. The minimum atomic E-state index is -4.78. The zero-order chi connectivity index (χ0) is 29.0. The SMILES string of the molecule is CC(/C=C(\C=C/N)c1cc(NC(=O)c2cc(C(F)(F)F)cnn2)c(F)cc1F)c1ccnc(NC(=O)C2CC2)c1. The van der Waals surface area contributed by atoms with Gasteiger partial charge in [-0.2, -0.15) is 18.3 Å². The van der Waals surface area contributed by atoms with Crippen molar-refractivity contribution in [1.82, 2.24) is 15.2 Å². The molecular weight excluding hydrogens is 535 g/mol. The van der Waals surface area contributed by atoms with E-state index in [9.17, 15) is 31.5 Å². The van der Waals surface area contributed by atoms with Gasteiger partial charge in [-0.3, -0.25) is 9.59 Å². The average molecular weight is 559 g/mol. The van der Waals surface area contributed by atoms with Crippen molar-refractivity contribution >= 4 is 28.9 Å². The molecule has 0 saturated heterocycles. The summed E-state index contributed by atoms with van der Waals surface area (Å²) in [6, 6.07) is 5.37. The van der Waals surface area contributed by atoms with Gasteiger partial charge in [0.15, 0.2) is 5.69 Å². The van der Waals surface area contributed by atoms with E-state index in [1.54, 1.807) is 25.1 Å². The normalized spacial score (nSPS) is 14.7. The van der Waals surface area contributed by atoms with Crippen LogP contribution in [0.1, 0.15) is 52.9 Å². The number of allylic oxidation sites excluding steroid dienone is 3. The van der Waals surface area contributed by atoms with E-state index in [1.807, 2.05) is 0 Å². The number of halogens is 5. The molecule has 0 radical (unpaired) electrons. The Balaban J connectivity index is 1.61. The molecular formula is C27H23F5N6O2. The molecule has 13 heteroatoms. The van der Waals surface area contributed by atoms with Gasteiger partial charge in [-0.15, -0.1) is 5.10 Å². The third kappa shape index (κ3) is 6.84. The van der Waals surface area contributed by atoms with Gasteiger partial charge < -0.3 is 16.4 Å². The van der Waals surface area contributed by atoms with Crippen LogP contribution in [0.25, 0.3) is 5.57 Å². The number of pyridine rings is 1. The lowest BCUT2D eigenvalue weighted by atomic mass is 9.95. The number of rotatable bonds is 8. The summed E-state index contributed by atoms with van der Waals surface area (Å²) in [5.74, 6) is -3.45. The van der Waals surface area contributed by atoms with Crippen LogP contribution in [0, 0.1) is 17.6 Å². The third-order valence-corrected chi connectivity index (χ3v) is 6.04. The molecule has 1 atom stereocenters. The highest BCUT2D eigenvalue weighted by Crippen LogP contribution is 2.32. The molecule has 208 valence electrons. The van der Waals surface area contributed by atoms with Crippen LogP contribution < -0.4 is 16.4 Å². The van der Waals surface area contributed by atoms with Crippen LogP contribution in [0.3, 0.4) is 0 Å². The monoisotopic (exact) mass is 558 g/mol. The molecule has 1 unspecified atom stereocenters. The molecule has 1 aromatic carbocycles. The molecule has 3 aromatic rings. The summed E-state index contributed by atoms with van der Waals surface area (Å²) in [5, 5.41) is 11.4. The number of nitrogens with one attached hydrogen (secondary N) is 2. The van der Waals surface area contributed by atoms with Crippen molar-refractivity contribution in [3.8, 4) is 0 Å². The topological polar surface area (TPSA) is 123 Å². The zero-order valence-corrected chi connectivity index (χ0v) is 21.0. The molecule has 1 aliphatic carbocycles. The number of anilines is 2. The van der Waals surface area contributed by atoms with E-state index < -0.39 is 40.7 Å². The Morgan fingerprint density at radius 2 is 1.85 bits per heavy atom. The summed E-state index contributed by atoms with van der Waals surface area (Å²) in [7, 11) is 0. The second-order valence-electron chi connectivity index (χ2n) is 9.10. The van der Waals surface area contributed by atoms with Crippen molar-refractivity contribution in [3.63, 3.8) is 0 Å². The lowest BCUT2D eigenvalue weighted by Crippen LogP contribution is -2.17. The van der Waals surface area contributed by atoms with Crippen molar-refractivity contribution in [3.05, 3.63) is 95.1 Å². The Morgan fingerprint density at radius 1 is 1.10 bits per heavy atom. The van der Waals surface area contributed by atoms with Crippen LogP contribution in [-0.4, -0.2) is 27.0 Å². The molecule has 4 rings (SSSR count). The quantitative estimate of drug-likeness (QED) is 0.250. The number of amides is 2. The number of hydrogen-bond acceptors (Lipinski definition) is 6. The van der Waals surface area contributed by atoms with Gasteiger partial charge >= 0.3 is 6.18 Å². The van der Waals surface area contributed by atoms with Crippen LogP contribution in [0.15, 0.2) is 61.1 Å². The van der Waals surface area contributed by atoms with Crippen LogP contribution in [0.2, 0.25) is 0 Å². The minimum absolute atomic E-state index is 0.0131. The van der Waals surface area contributed by atoms with Gasteiger partial charge in [0.05, 0.1) is 17.4 Å². The molecule has 2 heterocycles. The van der Waals surface area contributed by atoms with E-state index >= 15 is 0 Å². The molecule has 0 spiro atoms. The van der Waals surface area contributed by atoms with E-state index in [1.165, 1.54) is 12.3 Å². The van der Waals surface area contributed by atoms with Crippen molar-refractivity contribution in [2.24, 2.45) is 11.7 Å². The van der Waals surface area contributed by atoms with E-state index in [0.717, 1.165) is 30.7 Å². The molecule has 1 fully saturated rings. The zero-order valence-electron chi connectivity index (χ0n) is 21.0. The number of hydrogen-bond donors (Lipinski definition) is 3. The first-order chi connectivity index (χ1) is 19.0. The minimum Gasteiger partial charge on any atom is -0.405 e. The van der Waals surface area contributed by atoms with Gasteiger partial charge in [0.25, 0.3) is 5.91 Å². The maximum atomic E-state index is 14.9. The van der Waals surface area contributed by atoms with Gasteiger partial charge in [0.2, 0.25) is 5.91 Å². The summed E-state index contributed by atoms with van der Waals surface area (Å²) in [4.78, 5) is 28.8. The predicted octanol–water partition coefficient (Wildman–Crippen LogP) is 5.43. The van der Waals surface area contributed by atoms with Crippen molar-refractivity contribution in [2.75, 3.05) is 10.6 Å². The Kier molecular flexibility index (Phi) is 8.21. The average Bonchev–Trinajstić information content (AvgIpc) is 3.75. The first kappa shape index (κ1) is 28.3. The van der Waals surface area contributed by atoms with Crippen LogP contribution in [0.5, 0.6) is 0 Å². The summed E-state index contributed by atoms with van der Waals surface area (Å²) < 4.78 is 68.4. The van der Waals surface area contributed by atoms with Crippen molar-refractivity contribution in [1.29, 1.82) is 0 Å². The largest absolute Gasteiger partial charge is 0.418 e. The third-order valence-electron chi connectivity index (χ3n) is 6.04. The fourth-order valence-electron chi connectivity index (χ4n) is 3.76. The smallest absolute Gasteiger partial charge is 0.405 e. The number of benzene rings is 1. The first-order valence-corrected chi connectivity index (χ1v) is 12.0. The van der Waals surface area contributed by atoms with Crippen LogP contribution in [-0.2, 0) is 11.0 Å². The molecule has 0 aliphatic heterocycles. The van der Waals surface area contributed by atoms with Gasteiger partial charge in [-0.25, -0.2) is 13.8 Å². The summed E-state index contributed by atoms with van der Waals surface area (Å²) in [5.41, 5.74) is 3.94. The Bertz CT molecular complexity index is 1500. The van der Waals surface area contributed by atoms with Crippen molar-refractivity contribution in [2.45, 2.75) is 31.9 Å². The summed E-state index contributed by atoms with van der Waals surface area (Å²) >= 11 is 0. The first-order valence-electron chi connectivity index (χ1n) is 12.0. The summed E-state index contributed by atoms with van der Waals surface area (Å²) in [6.07, 6.45) is 2.99. The lowest BCUT2D eigenvalue weighted by Gasteiger charge is -2.14.